The van der Waals surface area contributed by atoms with E-state index in [9.17, 15) is 8.42 Å². The van der Waals surface area contributed by atoms with Crippen LogP contribution in [0.3, 0.4) is 0 Å². The third-order valence-corrected chi connectivity index (χ3v) is 4.43. The molecule has 1 rings (SSSR count). The van der Waals surface area contributed by atoms with E-state index in [1.165, 1.54) is 0 Å². The summed E-state index contributed by atoms with van der Waals surface area (Å²) < 4.78 is 25.8. The Labute approximate surface area is 107 Å². The zero-order valence-corrected chi connectivity index (χ0v) is 11.3. The number of pyridine rings is 1. The summed E-state index contributed by atoms with van der Waals surface area (Å²) in [6, 6.07) is 3.74. The lowest BCUT2D eigenvalue weighted by atomic mass is 10.2. The van der Waals surface area contributed by atoms with Crippen LogP contribution in [0, 0.1) is 5.92 Å². The molecule has 0 saturated heterocycles. The van der Waals surface area contributed by atoms with Crippen LogP contribution >= 0.6 is 11.6 Å². The van der Waals surface area contributed by atoms with Gasteiger partial charge in [-0.1, -0.05) is 6.92 Å². The van der Waals surface area contributed by atoms with Crippen LogP contribution in [0.1, 0.15) is 12.5 Å². The molecule has 17 heavy (non-hydrogen) atoms. The summed E-state index contributed by atoms with van der Waals surface area (Å²) in [7, 11) is -3.21. The van der Waals surface area contributed by atoms with Crippen LogP contribution < -0.4 is 4.72 Å². The minimum atomic E-state index is -3.21. The van der Waals surface area contributed by atoms with E-state index in [2.05, 4.69) is 9.71 Å². The molecule has 0 fully saturated rings. The number of alkyl halides is 1. The molecule has 1 atom stereocenters. The molecule has 0 spiro atoms. The van der Waals surface area contributed by atoms with Crippen molar-refractivity contribution in [2.75, 3.05) is 18.2 Å². The van der Waals surface area contributed by atoms with Crippen molar-refractivity contribution >= 4 is 21.6 Å². The molecule has 1 heterocycles. The van der Waals surface area contributed by atoms with Gasteiger partial charge >= 0.3 is 0 Å². The Kier molecular flexibility index (Phi) is 5.88. The molecule has 96 valence electrons. The van der Waals surface area contributed by atoms with Crippen LogP contribution in [0.2, 0.25) is 0 Å². The maximum Gasteiger partial charge on any atom is 0.211 e. The average Bonchev–Trinajstić information content (AvgIpc) is 2.29. The maximum atomic E-state index is 11.6. The molecule has 1 unspecified atom stereocenters. The summed E-state index contributed by atoms with van der Waals surface area (Å²) in [4.78, 5) is 3.90. The van der Waals surface area contributed by atoms with Crippen LogP contribution in [-0.4, -0.2) is 31.6 Å². The lowest BCUT2D eigenvalue weighted by Gasteiger charge is -2.09. The Balaban J connectivity index is 2.36. The molecule has 0 bridgehead atoms. The summed E-state index contributed by atoms with van der Waals surface area (Å²) in [5.41, 5.74) is 1.06. The second-order valence-electron chi connectivity index (χ2n) is 4.04. The van der Waals surface area contributed by atoms with Gasteiger partial charge in [-0.05, 0) is 30.0 Å². The highest BCUT2D eigenvalue weighted by Crippen LogP contribution is 2.02. The number of halogens is 1. The Hall–Kier alpha value is -0.650. The normalized spacial score (nSPS) is 13.5. The third kappa shape index (κ3) is 6.00. The molecule has 0 aromatic carbocycles. The first-order chi connectivity index (χ1) is 8.03. The number of nitrogens with one attached hydrogen (secondary N) is 1. The van der Waals surface area contributed by atoms with Gasteiger partial charge in [0.2, 0.25) is 10.0 Å². The second kappa shape index (κ2) is 6.93. The van der Waals surface area contributed by atoms with Crippen LogP contribution in [0.4, 0.5) is 0 Å². The van der Waals surface area contributed by atoms with Crippen molar-refractivity contribution in [1.82, 2.24) is 9.71 Å². The molecular formula is C11H17ClN2O2S. The van der Waals surface area contributed by atoms with Crippen LogP contribution in [0.25, 0.3) is 0 Å². The number of sulfonamides is 1. The van der Waals surface area contributed by atoms with Crippen LogP contribution in [0.5, 0.6) is 0 Å². The first-order valence-electron chi connectivity index (χ1n) is 5.45. The monoisotopic (exact) mass is 276 g/mol. The second-order valence-corrected chi connectivity index (χ2v) is 6.20. The number of rotatable bonds is 7. The van der Waals surface area contributed by atoms with Crippen molar-refractivity contribution in [3.63, 3.8) is 0 Å². The van der Waals surface area contributed by atoms with Crippen molar-refractivity contribution in [3.05, 3.63) is 30.1 Å². The zero-order chi connectivity index (χ0) is 12.7. The standard InChI is InChI=1S/C11H17ClN2O2S/c1-10(8-12)9-17(15,16)14-7-4-11-2-5-13-6-3-11/h2-3,5-6,10,14H,4,7-9H2,1H3. The molecule has 1 N–H and O–H groups in total. The number of aromatic nitrogens is 1. The van der Waals surface area contributed by atoms with Crippen LogP contribution in [0.15, 0.2) is 24.5 Å². The van der Waals surface area contributed by atoms with Gasteiger partial charge in [-0.25, -0.2) is 13.1 Å². The minimum Gasteiger partial charge on any atom is -0.265 e. The first-order valence-corrected chi connectivity index (χ1v) is 7.64. The Morgan fingerprint density at radius 3 is 2.65 bits per heavy atom. The predicted octanol–water partition coefficient (Wildman–Crippen LogP) is 1.42. The van der Waals surface area contributed by atoms with Crippen molar-refractivity contribution in [2.45, 2.75) is 13.3 Å². The molecule has 0 saturated carbocycles. The van der Waals surface area contributed by atoms with Crippen molar-refractivity contribution in [3.8, 4) is 0 Å². The summed E-state index contributed by atoms with van der Waals surface area (Å²) in [6.45, 7) is 2.22. The highest BCUT2D eigenvalue weighted by molar-refractivity contribution is 7.89. The first kappa shape index (κ1) is 14.4. The van der Waals surface area contributed by atoms with E-state index >= 15 is 0 Å². The molecular weight excluding hydrogens is 260 g/mol. The number of hydrogen-bond donors (Lipinski definition) is 1. The van der Waals surface area contributed by atoms with E-state index in [-0.39, 0.29) is 11.7 Å². The van der Waals surface area contributed by atoms with Gasteiger partial charge in [0.05, 0.1) is 5.75 Å². The summed E-state index contributed by atoms with van der Waals surface area (Å²) >= 11 is 5.59. The van der Waals surface area contributed by atoms with Gasteiger partial charge in [0, 0.05) is 24.8 Å². The van der Waals surface area contributed by atoms with Gasteiger partial charge in [0.15, 0.2) is 0 Å². The van der Waals surface area contributed by atoms with Gasteiger partial charge in [0.25, 0.3) is 0 Å². The highest BCUT2D eigenvalue weighted by atomic mass is 35.5. The Morgan fingerprint density at radius 2 is 2.06 bits per heavy atom. The van der Waals surface area contributed by atoms with E-state index in [4.69, 9.17) is 11.6 Å². The molecule has 4 nitrogen and oxygen atoms in total. The van der Waals surface area contributed by atoms with E-state index in [0.717, 1.165) is 5.56 Å². The summed E-state index contributed by atoms with van der Waals surface area (Å²) in [5, 5.41) is 0. The molecule has 6 heteroatoms. The average molecular weight is 277 g/mol. The molecule has 0 radical (unpaired) electrons. The fraction of sp³-hybridized carbons (Fsp3) is 0.545. The molecule has 0 aliphatic carbocycles. The molecule has 1 aromatic rings. The van der Waals surface area contributed by atoms with Gasteiger partial charge in [0.1, 0.15) is 0 Å². The molecule has 1 aromatic heterocycles. The Bertz CT molecular complexity index is 422. The third-order valence-electron chi connectivity index (χ3n) is 2.25. The lowest BCUT2D eigenvalue weighted by Crippen LogP contribution is -2.31. The zero-order valence-electron chi connectivity index (χ0n) is 9.77. The van der Waals surface area contributed by atoms with Crippen molar-refractivity contribution < 1.29 is 8.42 Å². The van der Waals surface area contributed by atoms with Crippen LogP contribution in [-0.2, 0) is 16.4 Å². The molecule has 0 amide bonds. The largest absolute Gasteiger partial charge is 0.265 e. The smallest absolute Gasteiger partial charge is 0.211 e. The van der Waals surface area contributed by atoms with E-state index in [0.29, 0.717) is 18.8 Å². The SMILES string of the molecule is CC(CCl)CS(=O)(=O)NCCc1ccncc1. The highest BCUT2D eigenvalue weighted by Gasteiger charge is 2.14. The maximum absolute atomic E-state index is 11.6. The van der Waals surface area contributed by atoms with Gasteiger partial charge in [-0.15, -0.1) is 11.6 Å². The van der Waals surface area contributed by atoms with Gasteiger partial charge in [-0.2, -0.15) is 0 Å². The quantitative estimate of drug-likeness (QED) is 0.766. The number of hydrogen-bond acceptors (Lipinski definition) is 3. The van der Waals surface area contributed by atoms with E-state index < -0.39 is 10.0 Å². The molecule has 0 aliphatic rings. The fourth-order valence-electron chi connectivity index (χ4n) is 1.38. The predicted molar refractivity (Wildman–Crippen MR) is 69.6 cm³/mol. The summed E-state index contributed by atoms with van der Waals surface area (Å²) in [5.74, 6) is 0.396. The van der Waals surface area contributed by atoms with E-state index in [1.807, 2.05) is 19.1 Å². The van der Waals surface area contributed by atoms with E-state index in [1.54, 1.807) is 12.4 Å². The number of nitrogens with zero attached hydrogens (tertiary/aromatic N) is 1. The minimum absolute atomic E-state index is 0.0323. The van der Waals surface area contributed by atoms with Crippen molar-refractivity contribution in [1.29, 1.82) is 0 Å². The topological polar surface area (TPSA) is 59.1 Å². The van der Waals surface area contributed by atoms with Crippen molar-refractivity contribution in [2.24, 2.45) is 5.92 Å². The van der Waals surface area contributed by atoms with Gasteiger partial charge < -0.3 is 0 Å². The summed E-state index contributed by atoms with van der Waals surface area (Å²) in [6.07, 6.45) is 4.05. The lowest BCUT2D eigenvalue weighted by molar-refractivity contribution is 0.569. The molecule has 0 aliphatic heterocycles. The Morgan fingerprint density at radius 1 is 1.41 bits per heavy atom. The van der Waals surface area contributed by atoms with Gasteiger partial charge in [-0.3, -0.25) is 4.98 Å². The fourth-order valence-corrected chi connectivity index (χ4v) is 3.01.